The first-order valence-electron chi connectivity index (χ1n) is 11.3. The second-order valence-corrected chi connectivity index (χ2v) is 8.50. The molecule has 5 aromatic rings. The van der Waals surface area contributed by atoms with Crippen molar-refractivity contribution in [2.24, 2.45) is 0 Å². The molecule has 0 spiro atoms. The maximum Gasteiger partial charge on any atom is 0.160 e. The normalized spacial score (nSPS) is 10.9. The molecule has 0 bridgehead atoms. The number of nitrogens with zero attached hydrogens (tertiary/aromatic N) is 3. The van der Waals surface area contributed by atoms with Crippen LogP contribution in [0.5, 0.6) is 11.5 Å². The van der Waals surface area contributed by atoms with Crippen LogP contribution >= 0.6 is 11.6 Å². The van der Waals surface area contributed by atoms with Crippen molar-refractivity contribution in [3.8, 4) is 34.0 Å². The second kappa shape index (κ2) is 10.1. The first-order chi connectivity index (χ1) is 17.1. The van der Waals surface area contributed by atoms with Gasteiger partial charge in [0.2, 0.25) is 0 Å². The molecule has 0 radical (unpaired) electrons. The molecule has 0 aliphatic rings. The summed E-state index contributed by atoms with van der Waals surface area (Å²) < 4.78 is 12.6. The van der Waals surface area contributed by atoms with Crippen molar-refractivity contribution >= 4 is 23.1 Å². The van der Waals surface area contributed by atoms with Gasteiger partial charge in [-0.3, -0.25) is 0 Å². The van der Waals surface area contributed by atoms with Gasteiger partial charge in [-0.15, -0.1) is 0 Å². The first kappa shape index (κ1) is 22.7. The number of hydrogen-bond donors (Lipinski definition) is 1. The molecule has 0 fully saturated rings. The lowest BCUT2D eigenvalue weighted by Crippen LogP contribution is -2.10. The largest absolute Gasteiger partial charge is 0.493 e. The molecule has 0 saturated heterocycles. The van der Waals surface area contributed by atoms with Crippen LogP contribution in [0, 0.1) is 0 Å². The smallest absolute Gasteiger partial charge is 0.160 e. The standard InChI is InChI=1S/C28H25ClN4O2/c1-34-25-13-8-19(16-26(25)35-2)14-15-30-27-17-23(20-6-4-3-5-7-20)31-28-18-24(32-33(27)28)21-9-11-22(29)12-10-21/h3-13,16-18,30H,14-15H2,1-2H3. The van der Waals surface area contributed by atoms with Crippen molar-refractivity contribution in [2.45, 2.75) is 6.42 Å². The minimum Gasteiger partial charge on any atom is -0.493 e. The summed E-state index contributed by atoms with van der Waals surface area (Å²) >= 11 is 6.07. The Hall–Kier alpha value is -4.03. The van der Waals surface area contributed by atoms with Crippen LogP contribution < -0.4 is 14.8 Å². The van der Waals surface area contributed by atoms with Crippen LogP contribution in [-0.4, -0.2) is 35.4 Å². The minimum atomic E-state index is 0.694. The third-order valence-corrected chi connectivity index (χ3v) is 6.06. The van der Waals surface area contributed by atoms with E-state index in [1.54, 1.807) is 14.2 Å². The molecule has 0 atom stereocenters. The fraction of sp³-hybridized carbons (Fsp3) is 0.143. The van der Waals surface area contributed by atoms with Crippen LogP contribution in [0.4, 0.5) is 5.82 Å². The number of rotatable bonds is 8. The van der Waals surface area contributed by atoms with E-state index in [-0.39, 0.29) is 0 Å². The highest BCUT2D eigenvalue weighted by Crippen LogP contribution is 2.29. The summed E-state index contributed by atoms with van der Waals surface area (Å²) in [6, 6.07) is 27.8. The maximum absolute atomic E-state index is 6.07. The number of fused-ring (bicyclic) bond motifs is 1. The highest BCUT2D eigenvalue weighted by Gasteiger charge is 2.13. The first-order valence-corrected chi connectivity index (χ1v) is 11.7. The fourth-order valence-corrected chi connectivity index (χ4v) is 4.12. The maximum atomic E-state index is 6.07. The molecule has 5 rings (SSSR count). The summed E-state index contributed by atoms with van der Waals surface area (Å²) in [6.07, 6.45) is 0.802. The molecule has 0 aliphatic carbocycles. The van der Waals surface area contributed by atoms with Gasteiger partial charge >= 0.3 is 0 Å². The van der Waals surface area contributed by atoms with Gasteiger partial charge in [0.25, 0.3) is 0 Å². The van der Waals surface area contributed by atoms with Crippen LogP contribution in [0.3, 0.4) is 0 Å². The molecule has 176 valence electrons. The lowest BCUT2D eigenvalue weighted by molar-refractivity contribution is 0.354. The average molecular weight is 485 g/mol. The van der Waals surface area contributed by atoms with Crippen molar-refractivity contribution in [1.29, 1.82) is 0 Å². The summed E-state index contributed by atoms with van der Waals surface area (Å²) in [5, 5.41) is 9.08. The highest BCUT2D eigenvalue weighted by molar-refractivity contribution is 6.30. The Morgan fingerprint density at radius 2 is 1.54 bits per heavy atom. The predicted octanol–water partition coefficient (Wildman–Crippen LogP) is 6.39. The van der Waals surface area contributed by atoms with E-state index in [0.29, 0.717) is 11.6 Å². The second-order valence-electron chi connectivity index (χ2n) is 8.07. The molecule has 35 heavy (non-hydrogen) atoms. The van der Waals surface area contributed by atoms with Gasteiger partial charge in [0.15, 0.2) is 17.1 Å². The summed E-state index contributed by atoms with van der Waals surface area (Å²) in [4.78, 5) is 4.88. The van der Waals surface area contributed by atoms with Gasteiger partial charge in [-0.05, 0) is 36.2 Å². The molecule has 6 nitrogen and oxygen atoms in total. The number of aromatic nitrogens is 3. The lowest BCUT2D eigenvalue weighted by Gasteiger charge is -2.12. The molecular formula is C28H25ClN4O2. The van der Waals surface area contributed by atoms with Crippen LogP contribution in [0.2, 0.25) is 5.02 Å². The number of nitrogens with one attached hydrogen (secondary N) is 1. The van der Waals surface area contributed by atoms with Gasteiger partial charge in [-0.1, -0.05) is 60.1 Å². The molecule has 2 heterocycles. The van der Waals surface area contributed by atoms with Gasteiger partial charge in [-0.2, -0.15) is 9.61 Å². The highest BCUT2D eigenvalue weighted by atomic mass is 35.5. The minimum absolute atomic E-state index is 0.694. The van der Waals surface area contributed by atoms with Crippen molar-refractivity contribution in [3.63, 3.8) is 0 Å². The molecule has 3 aromatic carbocycles. The topological polar surface area (TPSA) is 60.7 Å². The lowest BCUT2D eigenvalue weighted by atomic mass is 10.1. The Kier molecular flexibility index (Phi) is 6.55. The molecule has 1 N–H and O–H groups in total. The molecule has 0 unspecified atom stereocenters. The van der Waals surface area contributed by atoms with Crippen LogP contribution in [0.15, 0.2) is 84.9 Å². The Morgan fingerprint density at radius 1 is 0.800 bits per heavy atom. The van der Waals surface area contributed by atoms with E-state index in [2.05, 4.69) is 17.4 Å². The quantitative estimate of drug-likeness (QED) is 0.276. The Morgan fingerprint density at radius 3 is 2.29 bits per heavy atom. The van der Waals surface area contributed by atoms with Crippen LogP contribution in [0.1, 0.15) is 5.56 Å². The average Bonchev–Trinajstić information content (AvgIpc) is 3.34. The molecule has 0 amide bonds. The van der Waals surface area contributed by atoms with Crippen molar-refractivity contribution in [3.05, 3.63) is 95.5 Å². The molecule has 0 saturated carbocycles. The van der Waals surface area contributed by atoms with Crippen LogP contribution in [-0.2, 0) is 6.42 Å². The van der Waals surface area contributed by atoms with Gasteiger partial charge in [0.1, 0.15) is 5.82 Å². The zero-order chi connectivity index (χ0) is 24.2. The third-order valence-electron chi connectivity index (χ3n) is 5.80. The SMILES string of the molecule is COc1ccc(CCNc2cc(-c3ccccc3)nc3cc(-c4ccc(Cl)cc4)nn23)cc1OC. The summed E-state index contributed by atoms with van der Waals surface area (Å²) in [5.41, 5.74) is 5.66. The Bertz CT molecular complexity index is 1450. The zero-order valence-electron chi connectivity index (χ0n) is 19.5. The van der Waals surface area contributed by atoms with Gasteiger partial charge in [0.05, 0.1) is 25.6 Å². The van der Waals surface area contributed by atoms with Crippen LogP contribution in [0.25, 0.3) is 28.2 Å². The van der Waals surface area contributed by atoms with E-state index >= 15 is 0 Å². The predicted molar refractivity (Wildman–Crippen MR) is 141 cm³/mol. The summed E-state index contributed by atoms with van der Waals surface area (Å²) in [6.45, 7) is 0.707. The summed E-state index contributed by atoms with van der Waals surface area (Å²) in [5.74, 6) is 2.32. The molecule has 7 heteroatoms. The fourth-order valence-electron chi connectivity index (χ4n) is 3.99. The number of methoxy groups -OCH3 is 2. The number of hydrogen-bond acceptors (Lipinski definition) is 5. The van der Waals surface area contributed by atoms with E-state index in [9.17, 15) is 0 Å². The summed E-state index contributed by atoms with van der Waals surface area (Å²) in [7, 11) is 3.29. The van der Waals surface area contributed by atoms with Crippen molar-refractivity contribution < 1.29 is 9.47 Å². The molecule has 2 aromatic heterocycles. The number of benzene rings is 3. The van der Waals surface area contributed by atoms with Crippen molar-refractivity contribution in [1.82, 2.24) is 14.6 Å². The number of anilines is 1. The van der Waals surface area contributed by atoms with E-state index < -0.39 is 0 Å². The Balaban J connectivity index is 1.47. The van der Waals surface area contributed by atoms with E-state index in [1.165, 1.54) is 0 Å². The molecular weight excluding hydrogens is 460 g/mol. The van der Waals surface area contributed by atoms with E-state index in [4.69, 9.17) is 31.2 Å². The van der Waals surface area contributed by atoms with Gasteiger partial charge < -0.3 is 14.8 Å². The zero-order valence-corrected chi connectivity index (χ0v) is 20.3. The molecule has 0 aliphatic heterocycles. The van der Waals surface area contributed by atoms with E-state index in [0.717, 1.165) is 57.5 Å². The number of ether oxygens (including phenoxy) is 2. The number of halogens is 1. The third kappa shape index (κ3) is 4.93. The van der Waals surface area contributed by atoms with Crippen molar-refractivity contribution in [2.75, 3.05) is 26.1 Å². The van der Waals surface area contributed by atoms with E-state index in [1.807, 2.05) is 77.3 Å². The van der Waals surface area contributed by atoms with Gasteiger partial charge in [-0.25, -0.2) is 4.98 Å². The Labute approximate surface area is 209 Å². The monoisotopic (exact) mass is 484 g/mol. The van der Waals surface area contributed by atoms with Gasteiger partial charge in [0, 0.05) is 34.8 Å².